The molecule has 2 heterocycles. The van der Waals surface area contributed by atoms with E-state index >= 15 is 0 Å². The van der Waals surface area contributed by atoms with Crippen molar-refractivity contribution in [2.75, 3.05) is 18.1 Å². The molecule has 116 valence electrons. The molecule has 0 aliphatic heterocycles. The molecule has 1 N–H and O–H groups in total. The molecule has 0 radical (unpaired) electrons. The van der Waals surface area contributed by atoms with E-state index in [9.17, 15) is 5.26 Å². The first-order valence-corrected chi connectivity index (χ1v) is 8.62. The summed E-state index contributed by atoms with van der Waals surface area (Å²) in [7, 11) is 0. The second-order valence-electron chi connectivity index (χ2n) is 5.08. The van der Waals surface area contributed by atoms with Crippen LogP contribution in [0.2, 0.25) is 0 Å². The molecule has 6 heteroatoms. The van der Waals surface area contributed by atoms with Crippen molar-refractivity contribution in [1.82, 2.24) is 14.5 Å². The van der Waals surface area contributed by atoms with Crippen molar-refractivity contribution >= 4 is 28.4 Å². The Morgan fingerprint density at radius 3 is 2.96 bits per heavy atom. The maximum atomic E-state index is 9.54. The second kappa shape index (κ2) is 7.16. The van der Waals surface area contributed by atoms with Gasteiger partial charge in [-0.25, -0.2) is 9.97 Å². The molecule has 0 aliphatic carbocycles. The number of benzene rings is 1. The molecule has 0 amide bonds. The van der Waals surface area contributed by atoms with Crippen molar-refractivity contribution in [2.45, 2.75) is 18.0 Å². The zero-order chi connectivity index (χ0) is 16.1. The molecule has 0 atom stereocenters. The molecular weight excluding hydrogens is 306 g/mol. The van der Waals surface area contributed by atoms with Crippen LogP contribution in [0.3, 0.4) is 0 Å². The molecule has 0 saturated carbocycles. The van der Waals surface area contributed by atoms with E-state index in [0.717, 1.165) is 41.1 Å². The van der Waals surface area contributed by atoms with Crippen LogP contribution in [-0.4, -0.2) is 27.3 Å². The van der Waals surface area contributed by atoms with Crippen LogP contribution >= 0.6 is 11.8 Å². The molecule has 3 aromatic rings. The fraction of sp³-hybridized carbons (Fsp3) is 0.235. The molecule has 0 unspecified atom stereocenters. The molecule has 3 rings (SSSR count). The van der Waals surface area contributed by atoms with E-state index < -0.39 is 0 Å². The van der Waals surface area contributed by atoms with Crippen molar-refractivity contribution < 1.29 is 0 Å². The number of imidazole rings is 1. The van der Waals surface area contributed by atoms with Crippen molar-refractivity contribution in [1.29, 1.82) is 5.26 Å². The predicted octanol–water partition coefficient (Wildman–Crippen LogP) is 3.53. The first-order chi connectivity index (χ1) is 11.3. The standard InChI is InChI=1S/C17H17N5S/c1-23-17-14(11-18)16(13-5-2-3-6-15(13)21-17)20-7-4-9-22-10-8-19-12-22/h2-3,5-6,8,10,12H,4,7,9H2,1H3,(H,20,21). The van der Waals surface area contributed by atoms with Gasteiger partial charge in [0.1, 0.15) is 16.7 Å². The summed E-state index contributed by atoms with van der Waals surface area (Å²) in [6.07, 6.45) is 8.44. The molecule has 23 heavy (non-hydrogen) atoms. The summed E-state index contributed by atoms with van der Waals surface area (Å²) in [5.74, 6) is 0. The van der Waals surface area contributed by atoms with Crippen LogP contribution < -0.4 is 5.32 Å². The number of nitrogens with zero attached hydrogens (tertiary/aromatic N) is 4. The second-order valence-corrected chi connectivity index (χ2v) is 5.88. The first kappa shape index (κ1) is 15.4. The van der Waals surface area contributed by atoms with E-state index in [1.54, 1.807) is 6.20 Å². The third-order valence-corrected chi connectivity index (χ3v) is 4.30. The predicted molar refractivity (Wildman–Crippen MR) is 93.6 cm³/mol. The lowest BCUT2D eigenvalue weighted by molar-refractivity contribution is 0.661. The monoisotopic (exact) mass is 323 g/mol. The average Bonchev–Trinajstić information content (AvgIpc) is 3.11. The molecule has 0 fully saturated rings. The molecule has 0 saturated heterocycles. The van der Waals surface area contributed by atoms with Gasteiger partial charge in [-0.1, -0.05) is 18.2 Å². The number of pyridine rings is 1. The van der Waals surface area contributed by atoms with Crippen LogP contribution in [0.1, 0.15) is 12.0 Å². The fourth-order valence-electron chi connectivity index (χ4n) is 2.52. The van der Waals surface area contributed by atoms with Crippen molar-refractivity contribution in [2.24, 2.45) is 0 Å². The van der Waals surface area contributed by atoms with Gasteiger partial charge in [-0.15, -0.1) is 11.8 Å². The Kier molecular flexibility index (Phi) is 4.79. The minimum Gasteiger partial charge on any atom is -0.383 e. The van der Waals surface area contributed by atoms with E-state index in [1.165, 1.54) is 11.8 Å². The SMILES string of the molecule is CSc1nc2ccccc2c(NCCCn2ccnc2)c1C#N. The quantitative estimate of drug-likeness (QED) is 0.555. The highest BCUT2D eigenvalue weighted by Gasteiger charge is 2.13. The Hall–Kier alpha value is -2.52. The number of fused-ring (bicyclic) bond motifs is 1. The zero-order valence-electron chi connectivity index (χ0n) is 12.9. The van der Waals surface area contributed by atoms with Crippen molar-refractivity contribution in [3.63, 3.8) is 0 Å². The normalized spacial score (nSPS) is 10.6. The largest absolute Gasteiger partial charge is 0.383 e. The summed E-state index contributed by atoms with van der Waals surface area (Å²) in [4.78, 5) is 8.62. The van der Waals surface area contributed by atoms with Crippen LogP contribution in [0.5, 0.6) is 0 Å². The maximum absolute atomic E-state index is 9.54. The molecule has 1 aromatic carbocycles. The van der Waals surface area contributed by atoms with E-state index in [2.05, 4.69) is 21.4 Å². The summed E-state index contributed by atoms with van der Waals surface area (Å²) >= 11 is 1.50. The van der Waals surface area contributed by atoms with Crippen LogP contribution in [-0.2, 0) is 6.54 Å². The van der Waals surface area contributed by atoms with Gasteiger partial charge in [0.15, 0.2) is 0 Å². The first-order valence-electron chi connectivity index (χ1n) is 7.40. The average molecular weight is 323 g/mol. The lowest BCUT2D eigenvalue weighted by Crippen LogP contribution is -2.08. The number of hydrogen-bond acceptors (Lipinski definition) is 5. The highest BCUT2D eigenvalue weighted by Crippen LogP contribution is 2.32. The summed E-state index contributed by atoms with van der Waals surface area (Å²) in [5, 5.41) is 14.7. The lowest BCUT2D eigenvalue weighted by Gasteiger charge is -2.14. The number of aromatic nitrogens is 3. The van der Waals surface area contributed by atoms with Gasteiger partial charge in [-0.3, -0.25) is 0 Å². The Balaban J connectivity index is 1.84. The van der Waals surface area contributed by atoms with E-state index in [4.69, 9.17) is 0 Å². The Bertz CT molecular complexity index is 836. The molecular formula is C17H17N5S. The minimum atomic E-state index is 0.624. The number of thioether (sulfide) groups is 1. The Morgan fingerprint density at radius 1 is 1.35 bits per heavy atom. The highest BCUT2D eigenvalue weighted by atomic mass is 32.2. The molecule has 0 spiro atoms. The minimum absolute atomic E-state index is 0.624. The Morgan fingerprint density at radius 2 is 2.22 bits per heavy atom. The zero-order valence-corrected chi connectivity index (χ0v) is 13.7. The van der Waals surface area contributed by atoms with Gasteiger partial charge in [-0.2, -0.15) is 5.26 Å². The van der Waals surface area contributed by atoms with Gasteiger partial charge < -0.3 is 9.88 Å². The van der Waals surface area contributed by atoms with E-state index in [1.807, 2.05) is 47.6 Å². The van der Waals surface area contributed by atoms with E-state index in [0.29, 0.717) is 5.56 Å². The number of nitriles is 1. The van der Waals surface area contributed by atoms with Gasteiger partial charge in [-0.05, 0) is 18.7 Å². The highest BCUT2D eigenvalue weighted by molar-refractivity contribution is 7.98. The van der Waals surface area contributed by atoms with Crippen LogP contribution in [0.25, 0.3) is 10.9 Å². The van der Waals surface area contributed by atoms with Crippen LogP contribution in [0.4, 0.5) is 5.69 Å². The van der Waals surface area contributed by atoms with Gasteiger partial charge in [0, 0.05) is 30.9 Å². The third kappa shape index (κ3) is 3.30. The summed E-state index contributed by atoms with van der Waals surface area (Å²) in [6, 6.07) is 10.2. The molecule has 5 nitrogen and oxygen atoms in total. The maximum Gasteiger partial charge on any atom is 0.116 e. The van der Waals surface area contributed by atoms with Gasteiger partial charge in [0.25, 0.3) is 0 Å². The van der Waals surface area contributed by atoms with Crippen molar-refractivity contribution in [3.05, 3.63) is 48.5 Å². The summed E-state index contributed by atoms with van der Waals surface area (Å²) in [6.45, 7) is 1.68. The summed E-state index contributed by atoms with van der Waals surface area (Å²) in [5.41, 5.74) is 2.42. The van der Waals surface area contributed by atoms with Crippen LogP contribution in [0.15, 0.2) is 48.0 Å². The molecule has 0 aliphatic rings. The summed E-state index contributed by atoms with van der Waals surface area (Å²) < 4.78 is 2.05. The van der Waals surface area contributed by atoms with Gasteiger partial charge in [0.05, 0.1) is 17.5 Å². The fourth-order valence-corrected chi connectivity index (χ4v) is 3.06. The van der Waals surface area contributed by atoms with Crippen LogP contribution in [0, 0.1) is 11.3 Å². The third-order valence-electron chi connectivity index (χ3n) is 3.62. The number of rotatable bonds is 6. The number of para-hydroxylation sites is 1. The number of anilines is 1. The van der Waals surface area contributed by atoms with Gasteiger partial charge >= 0.3 is 0 Å². The van der Waals surface area contributed by atoms with Gasteiger partial charge in [0.2, 0.25) is 0 Å². The molecule has 0 bridgehead atoms. The number of aryl methyl sites for hydroxylation is 1. The smallest absolute Gasteiger partial charge is 0.116 e. The Labute approximate surface area is 139 Å². The molecule has 2 aromatic heterocycles. The number of nitrogens with one attached hydrogen (secondary N) is 1. The van der Waals surface area contributed by atoms with Crippen molar-refractivity contribution in [3.8, 4) is 6.07 Å². The lowest BCUT2D eigenvalue weighted by atomic mass is 10.1. The van der Waals surface area contributed by atoms with E-state index in [-0.39, 0.29) is 0 Å². The topological polar surface area (TPSA) is 66.5 Å². The number of hydrogen-bond donors (Lipinski definition) is 1.